The van der Waals surface area contributed by atoms with Gasteiger partial charge in [0.15, 0.2) is 5.82 Å². The van der Waals surface area contributed by atoms with Gasteiger partial charge < -0.3 is 20.8 Å². The zero-order valence-corrected chi connectivity index (χ0v) is 15.1. The van der Waals surface area contributed by atoms with Gasteiger partial charge in [0.2, 0.25) is 5.95 Å². The molecule has 0 saturated carbocycles. The van der Waals surface area contributed by atoms with Gasteiger partial charge in [-0.05, 0) is 25.3 Å². The summed E-state index contributed by atoms with van der Waals surface area (Å²) in [5.41, 5.74) is 5.75. The van der Waals surface area contributed by atoms with Crippen molar-refractivity contribution in [3.8, 4) is 0 Å². The fraction of sp³-hybridized carbons (Fsp3) is 0.389. The number of aliphatic hydroxyl groups is 1. The van der Waals surface area contributed by atoms with E-state index in [4.69, 9.17) is 17.3 Å². The first kappa shape index (κ1) is 18.4. The second-order valence-electron chi connectivity index (χ2n) is 6.65. The third-order valence-corrected chi connectivity index (χ3v) is 5.33. The van der Waals surface area contributed by atoms with Gasteiger partial charge in [-0.25, -0.2) is 4.98 Å². The molecule has 0 radical (unpaired) electrons. The predicted octanol–water partition coefficient (Wildman–Crippen LogP) is 1.91. The number of piperidine rings is 1. The Balaban J connectivity index is 1.99. The second-order valence-corrected chi connectivity index (χ2v) is 7.03. The summed E-state index contributed by atoms with van der Waals surface area (Å²) < 4.78 is 0. The summed E-state index contributed by atoms with van der Waals surface area (Å²) in [4.78, 5) is 22.2. The number of carbonyl (C=O) groups is 1. The predicted molar refractivity (Wildman–Crippen MR) is 99.2 cm³/mol. The van der Waals surface area contributed by atoms with Crippen molar-refractivity contribution in [3.63, 3.8) is 0 Å². The number of carboxylic acids is 1. The van der Waals surface area contributed by atoms with Gasteiger partial charge in [0, 0.05) is 13.1 Å². The Morgan fingerprint density at radius 3 is 2.73 bits per heavy atom. The number of carboxylic acid groups (broad SMARTS) is 1. The Labute approximate surface area is 156 Å². The maximum Gasteiger partial charge on any atom is 0.314 e. The van der Waals surface area contributed by atoms with E-state index in [2.05, 4.69) is 9.97 Å². The summed E-state index contributed by atoms with van der Waals surface area (Å²) in [6.45, 7) is 2.23. The maximum absolute atomic E-state index is 12.2. The molecule has 1 aromatic carbocycles. The number of nitrogen functional groups attached to an aromatic ring is 1. The summed E-state index contributed by atoms with van der Waals surface area (Å²) in [6.07, 6.45) is -0.480. The minimum Gasteiger partial charge on any atom is -0.481 e. The summed E-state index contributed by atoms with van der Waals surface area (Å²) in [7, 11) is 0. The van der Waals surface area contributed by atoms with E-state index in [1.165, 1.54) is 0 Å². The van der Waals surface area contributed by atoms with Crippen LogP contribution in [0.4, 0.5) is 11.8 Å². The fourth-order valence-electron chi connectivity index (χ4n) is 3.45. The second kappa shape index (κ2) is 7.09. The Bertz CT molecular complexity index is 818. The van der Waals surface area contributed by atoms with Gasteiger partial charge in [-0.3, -0.25) is 4.79 Å². The number of aliphatic hydroxyl groups excluding tert-OH is 1. The van der Waals surface area contributed by atoms with E-state index in [1.807, 2.05) is 30.3 Å². The molecule has 0 amide bonds. The monoisotopic (exact) mass is 376 g/mol. The third kappa shape index (κ3) is 3.32. The molecular formula is C18H21ClN4O3. The van der Waals surface area contributed by atoms with Crippen molar-refractivity contribution in [2.24, 2.45) is 5.41 Å². The largest absolute Gasteiger partial charge is 0.481 e. The van der Waals surface area contributed by atoms with E-state index in [1.54, 1.807) is 11.8 Å². The molecule has 0 unspecified atom stereocenters. The zero-order valence-electron chi connectivity index (χ0n) is 14.4. The minimum absolute atomic E-state index is 0.0774. The van der Waals surface area contributed by atoms with Crippen LogP contribution >= 0.6 is 11.6 Å². The minimum atomic E-state index is -1.36. The van der Waals surface area contributed by atoms with Crippen molar-refractivity contribution >= 4 is 29.3 Å². The summed E-state index contributed by atoms with van der Waals surface area (Å²) >= 11 is 6.34. The standard InChI is InChI=1S/C18H21ClN4O3/c1-11-14(19)15(22-17(20)21-11)23-8-7-13(24)18(10-23,16(25)26)9-12-5-3-2-4-6-12/h2-6,13,24H,7-10H2,1H3,(H,25,26)(H2,20,21,22)/t13-,18-/m1/s1. The van der Waals surface area contributed by atoms with Crippen molar-refractivity contribution in [1.82, 2.24) is 9.97 Å². The molecule has 2 aromatic rings. The first-order chi connectivity index (χ1) is 12.3. The van der Waals surface area contributed by atoms with Crippen LogP contribution in [0.2, 0.25) is 5.02 Å². The number of benzene rings is 1. The molecule has 138 valence electrons. The van der Waals surface area contributed by atoms with Crippen molar-refractivity contribution < 1.29 is 15.0 Å². The Hall–Kier alpha value is -2.38. The molecule has 1 saturated heterocycles. The molecule has 0 spiro atoms. The first-order valence-corrected chi connectivity index (χ1v) is 8.71. The molecule has 1 aromatic heterocycles. The Morgan fingerprint density at radius 1 is 1.38 bits per heavy atom. The van der Waals surface area contributed by atoms with Gasteiger partial charge in [0.25, 0.3) is 0 Å². The van der Waals surface area contributed by atoms with Crippen LogP contribution in [-0.4, -0.2) is 45.3 Å². The number of nitrogens with zero attached hydrogens (tertiary/aromatic N) is 3. The lowest BCUT2D eigenvalue weighted by atomic mass is 9.73. The number of rotatable bonds is 4. The highest BCUT2D eigenvalue weighted by molar-refractivity contribution is 6.33. The van der Waals surface area contributed by atoms with Crippen LogP contribution in [-0.2, 0) is 11.2 Å². The third-order valence-electron chi connectivity index (χ3n) is 4.89. The lowest BCUT2D eigenvalue weighted by Gasteiger charge is -2.44. The lowest BCUT2D eigenvalue weighted by Crippen LogP contribution is -2.57. The molecular weight excluding hydrogens is 356 g/mol. The molecule has 4 N–H and O–H groups in total. The Morgan fingerprint density at radius 2 is 2.08 bits per heavy atom. The molecule has 1 aliphatic rings. The van der Waals surface area contributed by atoms with Gasteiger partial charge >= 0.3 is 5.97 Å². The van der Waals surface area contributed by atoms with Gasteiger partial charge in [-0.15, -0.1) is 0 Å². The average Bonchev–Trinajstić information content (AvgIpc) is 2.61. The van der Waals surface area contributed by atoms with E-state index < -0.39 is 17.5 Å². The van der Waals surface area contributed by atoms with Crippen LogP contribution in [0.5, 0.6) is 0 Å². The van der Waals surface area contributed by atoms with E-state index in [0.29, 0.717) is 29.5 Å². The summed E-state index contributed by atoms with van der Waals surface area (Å²) in [6, 6.07) is 9.28. The smallest absolute Gasteiger partial charge is 0.314 e. The van der Waals surface area contributed by atoms with E-state index in [0.717, 1.165) is 5.56 Å². The Kier molecular flexibility index (Phi) is 5.02. The normalized spacial score (nSPS) is 23.0. The highest BCUT2D eigenvalue weighted by atomic mass is 35.5. The molecule has 8 heteroatoms. The van der Waals surface area contributed by atoms with Crippen molar-refractivity contribution in [2.45, 2.75) is 25.9 Å². The molecule has 26 heavy (non-hydrogen) atoms. The molecule has 1 fully saturated rings. The average molecular weight is 377 g/mol. The van der Waals surface area contributed by atoms with Crippen molar-refractivity contribution in [3.05, 3.63) is 46.6 Å². The van der Waals surface area contributed by atoms with Crippen molar-refractivity contribution in [2.75, 3.05) is 23.7 Å². The topological polar surface area (TPSA) is 113 Å². The van der Waals surface area contributed by atoms with Gasteiger partial charge in [-0.1, -0.05) is 41.9 Å². The molecule has 0 bridgehead atoms. The number of hydrogen-bond donors (Lipinski definition) is 3. The number of nitrogens with two attached hydrogens (primary N) is 1. The van der Waals surface area contributed by atoms with Gasteiger partial charge in [0.05, 0.1) is 11.8 Å². The van der Waals surface area contributed by atoms with Crippen LogP contribution in [0, 0.1) is 12.3 Å². The first-order valence-electron chi connectivity index (χ1n) is 8.33. The van der Waals surface area contributed by atoms with E-state index in [9.17, 15) is 15.0 Å². The highest BCUT2D eigenvalue weighted by Crippen LogP contribution is 2.38. The van der Waals surface area contributed by atoms with E-state index in [-0.39, 0.29) is 18.9 Å². The maximum atomic E-state index is 12.2. The molecule has 7 nitrogen and oxygen atoms in total. The SMILES string of the molecule is Cc1nc(N)nc(N2CC[C@@H](O)[C@](Cc3ccccc3)(C(=O)O)C2)c1Cl. The van der Waals surface area contributed by atoms with Crippen molar-refractivity contribution in [1.29, 1.82) is 0 Å². The quantitative estimate of drug-likeness (QED) is 0.746. The summed E-state index contributed by atoms with van der Waals surface area (Å²) in [5, 5.41) is 20.9. The number of anilines is 2. The van der Waals surface area contributed by atoms with Crippen LogP contribution < -0.4 is 10.6 Å². The van der Waals surface area contributed by atoms with Crippen LogP contribution in [0.1, 0.15) is 17.7 Å². The van der Waals surface area contributed by atoms with Crippen LogP contribution in [0.3, 0.4) is 0 Å². The highest BCUT2D eigenvalue weighted by Gasteiger charge is 2.49. The zero-order chi connectivity index (χ0) is 18.9. The number of aromatic nitrogens is 2. The molecule has 0 aliphatic carbocycles. The van der Waals surface area contributed by atoms with Crippen LogP contribution in [0.25, 0.3) is 0 Å². The number of aliphatic carboxylic acids is 1. The fourth-order valence-corrected chi connectivity index (χ4v) is 3.66. The van der Waals surface area contributed by atoms with Gasteiger partial charge in [-0.2, -0.15) is 4.98 Å². The van der Waals surface area contributed by atoms with Gasteiger partial charge in [0.1, 0.15) is 10.4 Å². The molecule has 2 atom stereocenters. The lowest BCUT2D eigenvalue weighted by molar-refractivity contribution is -0.157. The summed E-state index contributed by atoms with van der Waals surface area (Å²) in [5.74, 6) is -0.562. The van der Waals surface area contributed by atoms with Crippen LogP contribution in [0.15, 0.2) is 30.3 Å². The molecule has 2 heterocycles. The molecule has 1 aliphatic heterocycles. The number of halogens is 1. The molecule has 3 rings (SSSR count). The number of hydrogen-bond acceptors (Lipinski definition) is 6. The van der Waals surface area contributed by atoms with E-state index >= 15 is 0 Å². The number of aryl methyl sites for hydroxylation is 1.